The Morgan fingerprint density at radius 3 is 2.79 bits per heavy atom. The SMILES string of the molecule is CC1(C)O[C@H]2[C@H](n3cnc4c(N)ncnc43)O[C@H](C(=O)O)[C@@]2(C)O1. The number of aliphatic carboxylic acids is 1. The van der Waals surface area contributed by atoms with Crippen LogP contribution < -0.4 is 5.73 Å². The van der Waals surface area contributed by atoms with E-state index in [1.165, 1.54) is 12.7 Å². The Morgan fingerprint density at radius 1 is 1.33 bits per heavy atom. The summed E-state index contributed by atoms with van der Waals surface area (Å²) in [6.07, 6.45) is 0.194. The van der Waals surface area contributed by atoms with Gasteiger partial charge in [0.2, 0.25) is 0 Å². The molecule has 24 heavy (non-hydrogen) atoms. The minimum atomic E-state index is -1.19. The maximum absolute atomic E-state index is 11.7. The number of hydrogen-bond donors (Lipinski definition) is 2. The summed E-state index contributed by atoms with van der Waals surface area (Å²) in [5, 5.41) is 9.54. The van der Waals surface area contributed by atoms with Gasteiger partial charge in [-0.2, -0.15) is 0 Å². The molecular weight excluding hydrogens is 318 g/mol. The molecule has 0 aliphatic carbocycles. The molecule has 0 unspecified atom stereocenters. The van der Waals surface area contributed by atoms with E-state index in [0.29, 0.717) is 11.2 Å². The van der Waals surface area contributed by atoms with Crippen LogP contribution in [0.5, 0.6) is 0 Å². The van der Waals surface area contributed by atoms with E-state index in [0.717, 1.165) is 0 Å². The topological polar surface area (TPSA) is 135 Å². The second-order valence-electron chi connectivity index (χ2n) is 6.55. The molecule has 128 valence electrons. The van der Waals surface area contributed by atoms with E-state index in [-0.39, 0.29) is 5.82 Å². The molecule has 2 saturated heterocycles. The quantitative estimate of drug-likeness (QED) is 0.794. The molecule has 0 saturated carbocycles. The average molecular weight is 335 g/mol. The van der Waals surface area contributed by atoms with Crippen LogP contribution in [-0.4, -0.2) is 54.2 Å². The van der Waals surface area contributed by atoms with Gasteiger partial charge in [-0.3, -0.25) is 4.57 Å². The smallest absolute Gasteiger partial charge is 0.336 e. The zero-order valence-electron chi connectivity index (χ0n) is 13.3. The number of carboxylic acid groups (broad SMARTS) is 1. The van der Waals surface area contributed by atoms with Gasteiger partial charge in [0.1, 0.15) is 23.5 Å². The van der Waals surface area contributed by atoms with Crippen LogP contribution in [0.4, 0.5) is 5.82 Å². The maximum Gasteiger partial charge on any atom is 0.336 e. The van der Waals surface area contributed by atoms with Crippen molar-refractivity contribution in [3.63, 3.8) is 0 Å². The average Bonchev–Trinajstić information content (AvgIpc) is 3.07. The lowest BCUT2D eigenvalue weighted by atomic mass is 9.94. The number of nitrogens with zero attached hydrogens (tertiary/aromatic N) is 4. The van der Waals surface area contributed by atoms with Crippen LogP contribution in [-0.2, 0) is 19.0 Å². The third-order valence-electron chi connectivity index (χ3n) is 4.38. The molecule has 0 bridgehead atoms. The number of imidazole rings is 1. The van der Waals surface area contributed by atoms with Crippen molar-refractivity contribution >= 4 is 23.0 Å². The van der Waals surface area contributed by atoms with Gasteiger partial charge in [0.05, 0.1) is 6.33 Å². The fourth-order valence-electron chi connectivity index (χ4n) is 3.50. The van der Waals surface area contributed by atoms with E-state index < -0.39 is 35.8 Å². The molecule has 0 spiro atoms. The third-order valence-corrected chi connectivity index (χ3v) is 4.38. The van der Waals surface area contributed by atoms with Gasteiger partial charge in [-0.05, 0) is 20.8 Å². The van der Waals surface area contributed by atoms with Crippen molar-refractivity contribution in [3.8, 4) is 0 Å². The summed E-state index contributed by atoms with van der Waals surface area (Å²) < 4.78 is 19.2. The highest BCUT2D eigenvalue weighted by Gasteiger charge is 2.66. The largest absolute Gasteiger partial charge is 0.479 e. The predicted molar refractivity (Wildman–Crippen MR) is 79.7 cm³/mol. The first kappa shape index (κ1) is 15.2. The molecule has 2 aromatic heterocycles. The molecular formula is C14H17N5O5. The molecule has 10 nitrogen and oxygen atoms in total. The molecule has 4 atom stereocenters. The van der Waals surface area contributed by atoms with Crippen LogP contribution in [0.25, 0.3) is 11.2 Å². The van der Waals surface area contributed by atoms with Gasteiger partial charge < -0.3 is 25.1 Å². The minimum Gasteiger partial charge on any atom is -0.479 e. The molecule has 0 aromatic carbocycles. The van der Waals surface area contributed by atoms with E-state index in [2.05, 4.69) is 15.0 Å². The molecule has 0 radical (unpaired) electrons. The summed E-state index contributed by atoms with van der Waals surface area (Å²) in [7, 11) is 0. The van der Waals surface area contributed by atoms with Gasteiger partial charge >= 0.3 is 5.97 Å². The van der Waals surface area contributed by atoms with Gasteiger partial charge in [-0.25, -0.2) is 19.7 Å². The maximum atomic E-state index is 11.7. The van der Waals surface area contributed by atoms with Gasteiger partial charge in [0.25, 0.3) is 0 Å². The van der Waals surface area contributed by atoms with Crippen molar-refractivity contribution in [2.45, 2.75) is 50.6 Å². The van der Waals surface area contributed by atoms with E-state index in [1.807, 2.05) is 0 Å². The highest BCUT2D eigenvalue weighted by atomic mass is 16.8. The van der Waals surface area contributed by atoms with Gasteiger partial charge in [0, 0.05) is 0 Å². The van der Waals surface area contributed by atoms with Gasteiger partial charge in [-0.15, -0.1) is 0 Å². The highest BCUT2D eigenvalue weighted by Crippen LogP contribution is 2.50. The number of rotatable bonds is 2. The third kappa shape index (κ3) is 1.93. The van der Waals surface area contributed by atoms with E-state index in [9.17, 15) is 9.90 Å². The lowest BCUT2D eigenvalue weighted by Crippen LogP contribution is -2.47. The number of nitrogens with two attached hydrogens (primary N) is 1. The number of carbonyl (C=O) groups is 1. The zero-order chi connectivity index (χ0) is 17.3. The van der Waals surface area contributed by atoms with Crippen molar-refractivity contribution in [1.29, 1.82) is 0 Å². The highest BCUT2D eigenvalue weighted by molar-refractivity contribution is 5.81. The Morgan fingerprint density at radius 2 is 2.08 bits per heavy atom. The molecule has 2 fully saturated rings. The molecule has 2 aliphatic heterocycles. The lowest BCUT2D eigenvalue weighted by molar-refractivity contribution is -0.214. The predicted octanol–water partition coefficient (Wildman–Crippen LogP) is 0.301. The fraction of sp³-hybridized carbons (Fsp3) is 0.571. The molecule has 3 N–H and O–H groups in total. The van der Waals surface area contributed by atoms with Gasteiger partial charge in [-0.1, -0.05) is 0 Å². The summed E-state index contributed by atoms with van der Waals surface area (Å²) in [5.74, 6) is -1.82. The van der Waals surface area contributed by atoms with E-state index in [1.54, 1.807) is 25.3 Å². The Labute approximate surface area is 136 Å². The Hall–Kier alpha value is -2.30. The number of fused-ring (bicyclic) bond motifs is 2. The molecule has 0 amide bonds. The fourth-order valence-corrected chi connectivity index (χ4v) is 3.50. The molecule has 4 rings (SSSR count). The second kappa shape index (κ2) is 4.62. The monoisotopic (exact) mass is 335 g/mol. The second-order valence-corrected chi connectivity index (χ2v) is 6.55. The standard InChI is InChI=1S/C14H17N5O5/c1-13(2)23-7-11(22-8(12(20)21)14(7,3)24-13)19-5-18-6-9(15)16-4-17-10(6)19/h4-5,7-8,11H,1-3H3,(H,20,21)(H2,15,16,17)/t7-,8+,11+,14-/m0/s1. The van der Waals surface area contributed by atoms with E-state index >= 15 is 0 Å². The van der Waals surface area contributed by atoms with Gasteiger partial charge in [0.15, 0.2) is 29.6 Å². The number of hydrogen-bond acceptors (Lipinski definition) is 8. The van der Waals surface area contributed by atoms with Crippen molar-refractivity contribution in [1.82, 2.24) is 19.5 Å². The Balaban J connectivity index is 1.83. The van der Waals surface area contributed by atoms with Crippen molar-refractivity contribution in [2.75, 3.05) is 5.73 Å². The van der Waals surface area contributed by atoms with Crippen LogP contribution in [0, 0.1) is 0 Å². The number of nitrogen functional groups attached to an aromatic ring is 1. The first-order valence-electron chi connectivity index (χ1n) is 7.42. The first-order valence-corrected chi connectivity index (χ1v) is 7.42. The molecule has 2 aliphatic rings. The van der Waals surface area contributed by atoms with Crippen LogP contribution in [0.3, 0.4) is 0 Å². The van der Waals surface area contributed by atoms with Crippen molar-refractivity contribution in [2.24, 2.45) is 0 Å². The number of aromatic nitrogens is 4. The molecule has 10 heteroatoms. The molecule has 4 heterocycles. The van der Waals surface area contributed by atoms with Crippen LogP contribution >= 0.6 is 0 Å². The molecule has 2 aromatic rings. The number of ether oxygens (including phenoxy) is 3. The van der Waals surface area contributed by atoms with Crippen molar-refractivity contribution < 1.29 is 24.1 Å². The summed E-state index contributed by atoms with van der Waals surface area (Å²) >= 11 is 0. The summed E-state index contributed by atoms with van der Waals surface area (Å²) in [4.78, 5) is 23.9. The zero-order valence-corrected chi connectivity index (χ0v) is 13.3. The van der Waals surface area contributed by atoms with Crippen LogP contribution in [0.15, 0.2) is 12.7 Å². The van der Waals surface area contributed by atoms with Crippen LogP contribution in [0.1, 0.15) is 27.0 Å². The summed E-state index contributed by atoms with van der Waals surface area (Å²) in [6.45, 7) is 5.14. The normalized spacial score (nSPS) is 34.5. The van der Waals surface area contributed by atoms with Crippen LogP contribution in [0.2, 0.25) is 0 Å². The summed E-state index contributed by atoms with van der Waals surface area (Å²) in [5.41, 5.74) is 5.51. The van der Waals surface area contributed by atoms with E-state index in [4.69, 9.17) is 19.9 Å². The number of anilines is 1. The number of carboxylic acids is 1. The summed E-state index contributed by atoms with van der Waals surface area (Å²) in [6, 6.07) is 0. The minimum absolute atomic E-state index is 0.234. The lowest BCUT2D eigenvalue weighted by Gasteiger charge is -2.26. The first-order chi connectivity index (χ1) is 11.2. The Kier molecular flexibility index (Phi) is 2.93. The van der Waals surface area contributed by atoms with Crippen molar-refractivity contribution in [3.05, 3.63) is 12.7 Å². The Bertz CT molecular complexity index is 836.